The molecule has 4 heteroatoms. The Labute approximate surface area is 94.1 Å². The van der Waals surface area contributed by atoms with Gasteiger partial charge in [-0.3, -0.25) is 0 Å². The van der Waals surface area contributed by atoms with E-state index in [1.54, 1.807) is 19.2 Å². The molecular weight excluding hydrogens is 210 g/mol. The van der Waals surface area contributed by atoms with Gasteiger partial charge in [0.1, 0.15) is 16.9 Å². The van der Waals surface area contributed by atoms with Crippen molar-refractivity contribution in [2.24, 2.45) is 0 Å². The molecule has 0 aliphatic rings. The molecule has 1 aromatic heterocycles. The van der Waals surface area contributed by atoms with Crippen LogP contribution in [0.1, 0.15) is 18.9 Å². The van der Waals surface area contributed by atoms with Gasteiger partial charge < -0.3 is 5.32 Å². The summed E-state index contributed by atoms with van der Waals surface area (Å²) in [5.41, 5.74) is 0.427. The van der Waals surface area contributed by atoms with Crippen LogP contribution in [0.3, 0.4) is 0 Å². The third kappa shape index (κ3) is 3.16. The number of rotatable bonds is 3. The summed E-state index contributed by atoms with van der Waals surface area (Å²) in [5, 5.41) is 12.1. The van der Waals surface area contributed by atoms with E-state index >= 15 is 0 Å². The fourth-order valence-electron chi connectivity index (χ4n) is 1.02. The summed E-state index contributed by atoms with van der Waals surface area (Å²) in [6.07, 6.45) is 2.28. The first-order valence-corrected chi connectivity index (χ1v) is 4.85. The Morgan fingerprint density at radius 1 is 1.60 bits per heavy atom. The maximum atomic E-state index is 8.74. The van der Waals surface area contributed by atoms with Crippen LogP contribution < -0.4 is 5.32 Å². The molecule has 0 aromatic carbocycles. The zero-order chi connectivity index (χ0) is 11.1. The molecule has 1 aromatic rings. The Kier molecular flexibility index (Phi) is 4.47. The highest BCUT2D eigenvalue weighted by molar-refractivity contribution is 6.34. The molecule has 0 amide bonds. The van der Waals surface area contributed by atoms with Gasteiger partial charge in [0, 0.05) is 19.2 Å². The number of nitrogens with one attached hydrogen (secondary N) is 1. The van der Waals surface area contributed by atoms with Gasteiger partial charge in [0.15, 0.2) is 0 Å². The summed E-state index contributed by atoms with van der Waals surface area (Å²) < 4.78 is 0. The van der Waals surface area contributed by atoms with Gasteiger partial charge in [-0.05, 0) is 13.0 Å². The minimum absolute atomic E-state index is 0.365. The predicted octanol–water partition coefficient (Wildman–Crippen LogP) is 2.43. The lowest BCUT2D eigenvalue weighted by molar-refractivity contribution is 1.07. The van der Waals surface area contributed by atoms with E-state index in [2.05, 4.69) is 22.1 Å². The summed E-state index contributed by atoms with van der Waals surface area (Å²) in [6, 6.07) is 3.58. The molecule has 0 bridgehead atoms. The molecule has 0 aliphatic heterocycles. The van der Waals surface area contributed by atoms with Gasteiger partial charge in [-0.15, -0.1) is 11.8 Å². The van der Waals surface area contributed by atoms with Crippen LogP contribution in [0.25, 0.3) is 0 Å². The van der Waals surface area contributed by atoms with Crippen LogP contribution in [-0.2, 0) is 0 Å². The van der Waals surface area contributed by atoms with Gasteiger partial charge in [0.2, 0.25) is 0 Å². The van der Waals surface area contributed by atoms with Gasteiger partial charge >= 0.3 is 0 Å². The van der Waals surface area contributed by atoms with E-state index in [-0.39, 0.29) is 0 Å². The lowest BCUT2D eigenvalue weighted by Gasteiger charge is -2.05. The Balaban J connectivity index is 2.68. The summed E-state index contributed by atoms with van der Waals surface area (Å²) in [5.74, 6) is 6.25. The third-order valence-corrected chi connectivity index (χ3v) is 2.11. The summed E-state index contributed by atoms with van der Waals surface area (Å²) >= 11 is 5.94. The van der Waals surface area contributed by atoms with Crippen molar-refractivity contribution in [3.05, 3.63) is 22.8 Å². The molecule has 0 atom stereocenters. The highest BCUT2D eigenvalue weighted by Gasteiger charge is 2.05. The maximum Gasteiger partial charge on any atom is 0.146 e. The van der Waals surface area contributed by atoms with Crippen molar-refractivity contribution in [1.82, 2.24) is 4.98 Å². The number of halogens is 1. The van der Waals surface area contributed by atoms with Gasteiger partial charge in [-0.2, -0.15) is 5.26 Å². The summed E-state index contributed by atoms with van der Waals surface area (Å²) in [7, 11) is 0. The van der Waals surface area contributed by atoms with Crippen molar-refractivity contribution in [2.75, 3.05) is 11.9 Å². The van der Waals surface area contributed by atoms with Crippen LogP contribution in [0.15, 0.2) is 12.3 Å². The fraction of sp³-hybridized carbons (Fsp3) is 0.273. The molecular formula is C11H10ClN3. The molecule has 76 valence electrons. The van der Waals surface area contributed by atoms with Crippen molar-refractivity contribution in [3.63, 3.8) is 0 Å². The van der Waals surface area contributed by atoms with E-state index in [0.717, 1.165) is 6.42 Å². The van der Waals surface area contributed by atoms with E-state index in [9.17, 15) is 0 Å². The highest BCUT2D eigenvalue weighted by atomic mass is 35.5. The quantitative estimate of drug-likeness (QED) is 0.628. The Bertz CT molecular complexity index is 437. The van der Waals surface area contributed by atoms with E-state index in [0.29, 0.717) is 22.9 Å². The molecule has 0 fully saturated rings. The van der Waals surface area contributed by atoms with Crippen molar-refractivity contribution in [3.8, 4) is 17.9 Å². The fourth-order valence-corrected chi connectivity index (χ4v) is 1.24. The molecule has 0 unspecified atom stereocenters. The standard InChI is InChI=1S/C11H10ClN3/c1-2-3-4-6-14-11-10(12)9(8-13)5-7-15-11/h5,7H,4,6H2,1H3,(H,14,15). The van der Waals surface area contributed by atoms with Crippen molar-refractivity contribution >= 4 is 17.4 Å². The van der Waals surface area contributed by atoms with Crippen LogP contribution in [-0.4, -0.2) is 11.5 Å². The second-order valence-electron chi connectivity index (χ2n) is 2.74. The average Bonchev–Trinajstić information content (AvgIpc) is 2.26. The number of hydrogen-bond donors (Lipinski definition) is 1. The van der Waals surface area contributed by atoms with Gasteiger partial charge in [0.05, 0.1) is 5.56 Å². The number of hydrogen-bond acceptors (Lipinski definition) is 3. The molecule has 0 saturated carbocycles. The van der Waals surface area contributed by atoms with Gasteiger partial charge in [-0.1, -0.05) is 11.6 Å². The van der Waals surface area contributed by atoms with Crippen LogP contribution in [0.5, 0.6) is 0 Å². The highest BCUT2D eigenvalue weighted by Crippen LogP contribution is 2.22. The maximum absolute atomic E-state index is 8.74. The Morgan fingerprint density at radius 3 is 3.07 bits per heavy atom. The van der Waals surface area contributed by atoms with Crippen LogP contribution in [0.4, 0.5) is 5.82 Å². The Morgan fingerprint density at radius 2 is 2.40 bits per heavy atom. The van der Waals surface area contributed by atoms with Crippen molar-refractivity contribution < 1.29 is 0 Å². The zero-order valence-corrected chi connectivity index (χ0v) is 9.10. The first-order chi connectivity index (χ1) is 7.29. The van der Waals surface area contributed by atoms with Gasteiger partial charge in [-0.25, -0.2) is 4.98 Å². The second kappa shape index (κ2) is 5.90. The van der Waals surface area contributed by atoms with E-state index in [1.807, 2.05) is 6.07 Å². The SMILES string of the molecule is CC#CCCNc1nccc(C#N)c1Cl. The minimum Gasteiger partial charge on any atom is -0.368 e. The zero-order valence-electron chi connectivity index (χ0n) is 8.34. The minimum atomic E-state index is 0.365. The second-order valence-corrected chi connectivity index (χ2v) is 3.11. The summed E-state index contributed by atoms with van der Waals surface area (Å²) in [4.78, 5) is 4.04. The molecule has 15 heavy (non-hydrogen) atoms. The monoisotopic (exact) mass is 219 g/mol. The van der Waals surface area contributed by atoms with Crippen molar-refractivity contribution in [1.29, 1.82) is 5.26 Å². The number of pyridine rings is 1. The number of nitrogens with zero attached hydrogens (tertiary/aromatic N) is 2. The Hall–Kier alpha value is -1.71. The van der Waals surface area contributed by atoms with Crippen LogP contribution >= 0.6 is 11.6 Å². The first kappa shape index (κ1) is 11.4. The van der Waals surface area contributed by atoms with Gasteiger partial charge in [0.25, 0.3) is 0 Å². The molecule has 1 rings (SSSR count). The smallest absolute Gasteiger partial charge is 0.146 e. The molecule has 0 radical (unpaired) electrons. The lowest BCUT2D eigenvalue weighted by Crippen LogP contribution is -2.03. The average molecular weight is 220 g/mol. The number of anilines is 1. The molecule has 0 spiro atoms. The lowest BCUT2D eigenvalue weighted by atomic mass is 10.3. The summed E-state index contributed by atoms with van der Waals surface area (Å²) in [6.45, 7) is 2.46. The third-order valence-electron chi connectivity index (χ3n) is 1.73. The van der Waals surface area contributed by atoms with Crippen LogP contribution in [0.2, 0.25) is 5.02 Å². The first-order valence-electron chi connectivity index (χ1n) is 4.47. The van der Waals surface area contributed by atoms with Crippen LogP contribution in [0, 0.1) is 23.2 Å². The van der Waals surface area contributed by atoms with E-state index in [4.69, 9.17) is 16.9 Å². The van der Waals surface area contributed by atoms with Crippen molar-refractivity contribution in [2.45, 2.75) is 13.3 Å². The molecule has 0 saturated heterocycles. The number of nitriles is 1. The molecule has 1 heterocycles. The predicted molar refractivity (Wildman–Crippen MR) is 60.5 cm³/mol. The number of aromatic nitrogens is 1. The molecule has 1 N–H and O–H groups in total. The topological polar surface area (TPSA) is 48.7 Å². The molecule has 3 nitrogen and oxygen atoms in total. The largest absolute Gasteiger partial charge is 0.368 e. The van der Waals surface area contributed by atoms with E-state index in [1.165, 1.54) is 0 Å². The molecule has 0 aliphatic carbocycles. The van der Waals surface area contributed by atoms with E-state index < -0.39 is 0 Å². The normalized spacial score (nSPS) is 8.60.